The molecule has 1 aliphatic heterocycles. The first-order valence-corrected chi connectivity index (χ1v) is 11.1. The number of anilines is 1. The van der Waals surface area contributed by atoms with Crippen LogP contribution in [0, 0.1) is 0 Å². The van der Waals surface area contributed by atoms with Gasteiger partial charge in [-0.1, -0.05) is 12.1 Å². The lowest BCUT2D eigenvalue weighted by Crippen LogP contribution is -2.53. The van der Waals surface area contributed by atoms with Gasteiger partial charge in [0.15, 0.2) is 5.96 Å². The van der Waals surface area contributed by atoms with Crippen LogP contribution >= 0.6 is 11.3 Å². The van der Waals surface area contributed by atoms with Crippen molar-refractivity contribution in [2.75, 3.05) is 65.4 Å². The van der Waals surface area contributed by atoms with Gasteiger partial charge in [0.05, 0.1) is 12.1 Å². The summed E-state index contributed by atoms with van der Waals surface area (Å²) in [7, 11) is 5.19. The van der Waals surface area contributed by atoms with Crippen molar-refractivity contribution in [2.24, 2.45) is 4.99 Å². The number of carbonyl (C=O) groups is 1. The number of aliphatic imine (C=N–C) groups is 1. The Morgan fingerprint density at radius 2 is 1.90 bits per heavy atom. The van der Waals surface area contributed by atoms with Crippen LogP contribution in [0.3, 0.4) is 0 Å². The molecule has 7 nitrogen and oxygen atoms in total. The quantitative estimate of drug-likeness (QED) is 0.540. The summed E-state index contributed by atoms with van der Waals surface area (Å²) in [6, 6.07) is 12.4. The molecule has 1 saturated heterocycles. The van der Waals surface area contributed by atoms with Crippen LogP contribution in [0.15, 0.2) is 46.8 Å². The highest BCUT2D eigenvalue weighted by Gasteiger charge is 2.20. The lowest BCUT2D eigenvalue weighted by molar-refractivity contribution is -0.127. The van der Waals surface area contributed by atoms with Crippen LogP contribution in [-0.2, 0) is 11.2 Å². The van der Waals surface area contributed by atoms with Crippen LogP contribution in [0.25, 0.3) is 0 Å². The normalized spacial score (nSPS) is 14.6. The fourth-order valence-corrected chi connectivity index (χ4v) is 4.04. The molecule has 0 spiro atoms. The van der Waals surface area contributed by atoms with E-state index in [1.165, 1.54) is 10.6 Å². The van der Waals surface area contributed by atoms with E-state index in [1.807, 2.05) is 12.1 Å². The number of thiophene rings is 1. The van der Waals surface area contributed by atoms with Gasteiger partial charge in [-0.05, 0) is 41.6 Å². The number of ether oxygens (including phenoxy) is 1. The maximum Gasteiger partial charge on any atom is 0.243 e. The van der Waals surface area contributed by atoms with Gasteiger partial charge in [-0.2, -0.15) is 0 Å². The molecule has 2 heterocycles. The van der Waals surface area contributed by atoms with Crippen LogP contribution in [0.5, 0.6) is 5.75 Å². The number of hydrogen-bond donors (Lipinski definition) is 1. The average Bonchev–Trinajstić information content (AvgIpc) is 3.31. The van der Waals surface area contributed by atoms with Crippen molar-refractivity contribution in [1.82, 2.24) is 15.1 Å². The average molecular weight is 430 g/mol. The molecule has 1 aromatic carbocycles. The van der Waals surface area contributed by atoms with Gasteiger partial charge in [-0.25, -0.2) is 4.99 Å². The van der Waals surface area contributed by atoms with E-state index in [1.54, 1.807) is 37.4 Å². The van der Waals surface area contributed by atoms with E-state index in [9.17, 15) is 4.79 Å². The number of amides is 1. The molecule has 1 aliphatic rings. The van der Waals surface area contributed by atoms with Crippen LogP contribution in [-0.4, -0.2) is 82.1 Å². The molecule has 2 aromatic rings. The zero-order chi connectivity index (χ0) is 21.3. The minimum Gasteiger partial charge on any atom is -0.497 e. The number of methoxy groups -OCH3 is 1. The molecule has 162 valence electrons. The summed E-state index contributed by atoms with van der Waals surface area (Å²) in [4.78, 5) is 22.9. The van der Waals surface area contributed by atoms with Gasteiger partial charge in [0, 0.05) is 46.8 Å². The summed E-state index contributed by atoms with van der Waals surface area (Å²) < 4.78 is 5.22. The second-order valence-electron chi connectivity index (χ2n) is 7.38. The molecular weight excluding hydrogens is 398 g/mol. The largest absolute Gasteiger partial charge is 0.497 e. The Bertz CT molecular complexity index is 813. The van der Waals surface area contributed by atoms with Crippen molar-refractivity contribution in [1.29, 1.82) is 0 Å². The van der Waals surface area contributed by atoms with Crippen molar-refractivity contribution in [3.63, 3.8) is 0 Å². The molecule has 0 bridgehead atoms. The van der Waals surface area contributed by atoms with Crippen molar-refractivity contribution < 1.29 is 9.53 Å². The van der Waals surface area contributed by atoms with E-state index in [-0.39, 0.29) is 12.5 Å². The Hall–Kier alpha value is -2.74. The first kappa shape index (κ1) is 22.0. The van der Waals surface area contributed by atoms with Gasteiger partial charge in [0.25, 0.3) is 0 Å². The van der Waals surface area contributed by atoms with Crippen LogP contribution in [0.1, 0.15) is 5.56 Å². The first-order valence-electron chi connectivity index (χ1n) is 10.2. The predicted molar refractivity (Wildman–Crippen MR) is 124 cm³/mol. The third-order valence-corrected chi connectivity index (χ3v) is 6.04. The number of nitrogens with one attached hydrogen (secondary N) is 1. The molecule has 1 aromatic heterocycles. The highest BCUT2D eigenvalue weighted by atomic mass is 32.1. The smallest absolute Gasteiger partial charge is 0.243 e. The summed E-state index contributed by atoms with van der Waals surface area (Å²) >= 11 is 1.77. The van der Waals surface area contributed by atoms with E-state index in [0.29, 0.717) is 0 Å². The fraction of sp³-hybridized carbons (Fsp3) is 0.455. The highest BCUT2D eigenvalue weighted by Crippen LogP contribution is 2.22. The summed E-state index contributed by atoms with van der Waals surface area (Å²) in [5.74, 6) is 1.67. The maximum atomic E-state index is 12.0. The van der Waals surface area contributed by atoms with Crippen LogP contribution < -0.4 is 15.0 Å². The molecular formula is C22H31N5O2S. The lowest BCUT2D eigenvalue weighted by Gasteiger charge is -2.37. The molecule has 0 atom stereocenters. The number of piperazine rings is 1. The van der Waals surface area contributed by atoms with Gasteiger partial charge in [0.2, 0.25) is 5.91 Å². The SMILES string of the molecule is COc1ccc(CCNC(=NCC(=O)N(C)C)N2CCN(c3cccs3)CC2)cc1. The van der Waals surface area contributed by atoms with E-state index in [0.717, 1.165) is 50.9 Å². The minimum absolute atomic E-state index is 0.00155. The van der Waals surface area contributed by atoms with Gasteiger partial charge < -0.3 is 24.8 Å². The van der Waals surface area contributed by atoms with Crippen LogP contribution in [0.2, 0.25) is 0 Å². The zero-order valence-electron chi connectivity index (χ0n) is 18.0. The van der Waals surface area contributed by atoms with Crippen LogP contribution in [0.4, 0.5) is 5.00 Å². The summed E-state index contributed by atoms with van der Waals surface area (Å²) in [5, 5.41) is 6.89. The first-order chi connectivity index (χ1) is 14.6. The van der Waals surface area contributed by atoms with E-state index < -0.39 is 0 Å². The number of rotatable bonds is 7. The minimum atomic E-state index is 0.00155. The lowest BCUT2D eigenvalue weighted by atomic mass is 10.1. The maximum absolute atomic E-state index is 12.0. The van der Waals surface area contributed by atoms with Crippen molar-refractivity contribution in [3.8, 4) is 5.75 Å². The molecule has 1 amide bonds. The monoisotopic (exact) mass is 429 g/mol. The number of nitrogens with zero attached hydrogens (tertiary/aromatic N) is 4. The Kier molecular flexibility index (Phi) is 7.96. The molecule has 0 unspecified atom stereocenters. The van der Waals surface area contributed by atoms with Crippen molar-refractivity contribution in [3.05, 3.63) is 47.3 Å². The molecule has 8 heteroatoms. The number of benzene rings is 1. The highest BCUT2D eigenvalue weighted by molar-refractivity contribution is 7.14. The zero-order valence-corrected chi connectivity index (χ0v) is 18.8. The third-order valence-electron chi connectivity index (χ3n) is 5.12. The Labute approximate surface area is 183 Å². The number of guanidine groups is 1. The molecule has 1 N–H and O–H groups in total. The summed E-state index contributed by atoms with van der Waals surface area (Å²) in [5.41, 5.74) is 1.23. The molecule has 0 radical (unpaired) electrons. The molecule has 0 saturated carbocycles. The number of hydrogen-bond acceptors (Lipinski definition) is 5. The van der Waals surface area contributed by atoms with E-state index >= 15 is 0 Å². The van der Waals surface area contributed by atoms with Gasteiger partial charge >= 0.3 is 0 Å². The van der Waals surface area contributed by atoms with E-state index in [4.69, 9.17) is 4.74 Å². The molecule has 30 heavy (non-hydrogen) atoms. The van der Waals surface area contributed by atoms with Gasteiger partial charge in [0.1, 0.15) is 12.3 Å². The number of likely N-dealkylation sites (N-methyl/N-ethyl adjacent to an activating group) is 1. The second-order valence-corrected chi connectivity index (χ2v) is 8.30. The van der Waals surface area contributed by atoms with Crippen molar-refractivity contribution >= 4 is 28.2 Å². The Morgan fingerprint density at radius 3 is 2.50 bits per heavy atom. The Balaban J connectivity index is 1.58. The summed E-state index contributed by atoms with van der Waals surface area (Å²) in [6.07, 6.45) is 0.875. The third kappa shape index (κ3) is 6.13. The standard InChI is InChI=1S/C22H31N5O2S/c1-25(2)20(28)17-24-22(23-11-10-18-6-8-19(29-3)9-7-18)27-14-12-26(13-15-27)21-5-4-16-30-21/h4-9,16H,10-15,17H2,1-3H3,(H,23,24). The van der Waals surface area contributed by atoms with Crippen molar-refractivity contribution in [2.45, 2.75) is 6.42 Å². The fourth-order valence-electron chi connectivity index (χ4n) is 3.25. The molecule has 0 aliphatic carbocycles. The van der Waals surface area contributed by atoms with Gasteiger partial charge in [-0.15, -0.1) is 11.3 Å². The molecule has 3 rings (SSSR count). The topological polar surface area (TPSA) is 60.4 Å². The second kappa shape index (κ2) is 10.9. The predicted octanol–water partition coefficient (Wildman–Crippen LogP) is 2.16. The van der Waals surface area contributed by atoms with Gasteiger partial charge in [-0.3, -0.25) is 4.79 Å². The van der Waals surface area contributed by atoms with E-state index in [2.05, 4.69) is 49.8 Å². The summed E-state index contributed by atoms with van der Waals surface area (Å²) in [6.45, 7) is 4.56. The number of carbonyl (C=O) groups excluding carboxylic acids is 1. The molecule has 1 fully saturated rings. The Morgan fingerprint density at radius 1 is 1.17 bits per heavy atom.